The highest BCUT2D eigenvalue weighted by Gasteiger charge is 1.98. The van der Waals surface area contributed by atoms with Gasteiger partial charge < -0.3 is 0 Å². The molecule has 0 aliphatic heterocycles. The first kappa shape index (κ1) is 12.5. The maximum atomic E-state index is 4.54. The fourth-order valence-electron chi connectivity index (χ4n) is 1.80. The number of para-hydroxylation sites is 1. The maximum absolute atomic E-state index is 4.54. The number of rotatable bonds is 5. The zero-order valence-electron chi connectivity index (χ0n) is 10.7. The molecule has 2 nitrogen and oxygen atoms in total. The summed E-state index contributed by atoms with van der Waals surface area (Å²) in [6.07, 6.45) is 7.11. The fraction of sp³-hybridized carbons (Fsp3) is 0.250. The minimum Gasteiger partial charge on any atom is -0.255 e. The van der Waals surface area contributed by atoms with E-state index in [2.05, 4.69) is 35.1 Å². The van der Waals surface area contributed by atoms with E-state index >= 15 is 0 Å². The second-order valence-corrected chi connectivity index (χ2v) is 4.25. The average Bonchev–Trinajstić information content (AvgIpc) is 2.45. The molecule has 0 saturated carbocycles. The topological polar surface area (TPSA) is 25.2 Å². The SMILES string of the molecule is CCCCc1ccccc1N=Cc1ccccn1. The van der Waals surface area contributed by atoms with Gasteiger partial charge in [0.1, 0.15) is 0 Å². The first-order valence-corrected chi connectivity index (χ1v) is 6.43. The largest absolute Gasteiger partial charge is 0.255 e. The van der Waals surface area contributed by atoms with E-state index < -0.39 is 0 Å². The molecule has 0 N–H and O–H groups in total. The van der Waals surface area contributed by atoms with Crippen molar-refractivity contribution in [3.05, 3.63) is 59.9 Å². The average molecular weight is 238 g/mol. The van der Waals surface area contributed by atoms with Gasteiger partial charge in [-0.3, -0.25) is 9.98 Å². The van der Waals surface area contributed by atoms with Crippen LogP contribution in [0.3, 0.4) is 0 Å². The van der Waals surface area contributed by atoms with Gasteiger partial charge in [-0.2, -0.15) is 0 Å². The second kappa shape index (κ2) is 6.70. The zero-order chi connectivity index (χ0) is 12.6. The summed E-state index contributed by atoms with van der Waals surface area (Å²) in [4.78, 5) is 8.78. The van der Waals surface area contributed by atoms with Gasteiger partial charge >= 0.3 is 0 Å². The molecular formula is C16H18N2. The minimum atomic E-state index is 0.891. The molecule has 2 rings (SSSR count). The summed E-state index contributed by atoms with van der Waals surface area (Å²) in [5, 5.41) is 0. The number of hydrogen-bond acceptors (Lipinski definition) is 2. The Morgan fingerprint density at radius 2 is 1.94 bits per heavy atom. The first-order valence-electron chi connectivity index (χ1n) is 6.43. The van der Waals surface area contributed by atoms with Crippen LogP contribution in [-0.4, -0.2) is 11.2 Å². The molecule has 92 valence electrons. The van der Waals surface area contributed by atoms with Gasteiger partial charge in [0.15, 0.2) is 0 Å². The Hall–Kier alpha value is -1.96. The van der Waals surface area contributed by atoms with Crippen LogP contribution in [0.4, 0.5) is 5.69 Å². The Kier molecular flexibility index (Phi) is 4.65. The fourth-order valence-corrected chi connectivity index (χ4v) is 1.80. The zero-order valence-corrected chi connectivity index (χ0v) is 10.7. The molecule has 1 heterocycles. The minimum absolute atomic E-state index is 0.891. The molecule has 0 saturated heterocycles. The van der Waals surface area contributed by atoms with Crippen LogP contribution in [0.25, 0.3) is 0 Å². The molecule has 0 aliphatic carbocycles. The Balaban J connectivity index is 2.15. The summed E-state index contributed by atoms with van der Waals surface area (Å²) in [7, 11) is 0. The lowest BCUT2D eigenvalue weighted by Gasteiger charge is -2.03. The van der Waals surface area contributed by atoms with E-state index in [1.54, 1.807) is 6.20 Å². The van der Waals surface area contributed by atoms with Crippen LogP contribution in [0.5, 0.6) is 0 Å². The van der Waals surface area contributed by atoms with Crippen molar-refractivity contribution in [2.75, 3.05) is 0 Å². The Bertz CT molecular complexity index is 504. The Morgan fingerprint density at radius 3 is 2.72 bits per heavy atom. The van der Waals surface area contributed by atoms with Crippen LogP contribution < -0.4 is 0 Å². The second-order valence-electron chi connectivity index (χ2n) is 4.25. The van der Waals surface area contributed by atoms with Crippen molar-refractivity contribution in [2.24, 2.45) is 4.99 Å². The standard InChI is InChI=1S/C16H18N2/c1-2-3-8-14-9-4-5-11-16(14)18-13-15-10-6-7-12-17-15/h4-7,9-13H,2-3,8H2,1H3. The maximum Gasteiger partial charge on any atom is 0.0812 e. The highest BCUT2D eigenvalue weighted by atomic mass is 14.8. The van der Waals surface area contributed by atoms with Crippen LogP contribution in [0, 0.1) is 0 Å². The number of aliphatic imine (C=N–C) groups is 1. The third-order valence-electron chi connectivity index (χ3n) is 2.81. The number of unbranched alkanes of at least 4 members (excludes halogenated alkanes) is 1. The van der Waals surface area contributed by atoms with Crippen LogP contribution >= 0.6 is 0 Å². The lowest BCUT2D eigenvalue weighted by molar-refractivity contribution is 0.795. The molecule has 0 fully saturated rings. The molecule has 1 aromatic carbocycles. The van der Waals surface area contributed by atoms with Crippen LogP contribution in [0.2, 0.25) is 0 Å². The van der Waals surface area contributed by atoms with Crippen LogP contribution in [0.15, 0.2) is 53.7 Å². The molecule has 0 aliphatic rings. The van der Waals surface area contributed by atoms with Gasteiger partial charge in [0.05, 0.1) is 17.6 Å². The predicted octanol–water partition coefficient (Wildman–Crippen LogP) is 4.17. The lowest BCUT2D eigenvalue weighted by atomic mass is 10.1. The molecule has 0 amide bonds. The summed E-state index contributed by atoms with van der Waals surface area (Å²) < 4.78 is 0. The molecule has 18 heavy (non-hydrogen) atoms. The number of aryl methyl sites for hydroxylation is 1. The summed E-state index contributed by atoms with van der Waals surface area (Å²) in [6, 6.07) is 14.2. The molecule has 0 unspecified atom stereocenters. The third kappa shape index (κ3) is 3.52. The predicted molar refractivity (Wildman–Crippen MR) is 76.5 cm³/mol. The van der Waals surface area contributed by atoms with Crippen molar-refractivity contribution in [3.8, 4) is 0 Å². The van der Waals surface area contributed by atoms with Gasteiger partial charge in [-0.1, -0.05) is 37.6 Å². The van der Waals surface area contributed by atoms with E-state index in [9.17, 15) is 0 Å². The molecule has 0 atom stereocenters. The summed E-state index contributed by atoms with van der Waals surface area (Å²) in [5.74, 6) is 0. The van der Waals surface area contributed by atoms with E-state index in [0.29, 0.717) is 0 Å². The smallest absolute Gasteiger partial charge is 0.0812 e. The van der Waals surface area contributed by atoms with Crippen molar-refractivity contribution in [1.82, 2.24) is 4.98 Å². The van der Waals surface area contributed by atoms with Gasteiger partial charge in [0.2, 0.25) is 0 Å². The summed E-state index contributed by atoms with van der Waals surface area (Å²) in [5.41, 5.74) is 3.26. The molecule has 0 bridgehead atoms. The van der Waals surface area contributed by atoms with Crippen LogP contribution in [0.1, 0.15) is 31.0 Å². The highest BCUT2D eigenvalue weighted by molar-refractivity contribution is 5.79. The third-order valence-corrected chi connectivity index (χ3v) is 2.81. The molecule has 0 radical (unpaired) electrons. The molecular weight excluding hydrogens is 220 g/mol. The van der Waals surface area contributed by atoms with Crippen molar-refractivity contribution in [3.63, 3.8) is 0 Å². The number of aromatic nitrogens is 1. The molecule has 2 aromatic rings. The van der Waals surface area contributed by atoms with Crippen molar-refractivity contribution >= 4 is 11.9 Å². The molecule has 1 aromatic heterocycles. The summed E-state index contributed by atoms with van der Waals surface area (Å²) in [6.45, 7) is 2.21. The van der Waals surface area contributed by atoms with E-state index in [0.717, 1.165) is 17.8 Å². The molecule has 2 heteroatoms. The Morgan fingerprint density at radius 1 is 1.11 bits per heavy atom. The first-order chi connectivity index (χ1) is 8.90. The summed E-state index contributed by atoms with van der Waals surface area (Å²) >= 11 is 0. The van der Waals surface area contributed by atoms with Crippen molar-refractivity contribution in [1.29, 1.82) is 0 Å². The number of nitrogens with zero attached hydrogens (tertiary/aromatic N) is 2. The lowest BCUT2D eigenvalue weighted by Crippen LogP contribution is -1.87. The van der Waals surface area contributed by atoms with Crippen LogP contribution in [-0.2, 0) is 6.42 Å². The van der Waals surface area contributed by atoms with E-state index in [4.69, 9.17) is 0 Å². The van der Waals surface area contributed by atoms with Gasteiger partial charge in [0.25, 0.3) is 0 Å². The normalized spacial score (nSPS) is 10.9. The number of pyridine rings is 1. The van der Waals surface area contributed by atoms with E-state index in [1.165, 1.54) is 18.4 Å². The van der Waals surface area contributed by atoms with Gasteiger partial charge in [-0.15, -0.1) is 0 Å². The van der Waals surface area contributed by atoms with Gasteiger partial charge in [-0.05, 0) is 36.6 Å². The van der Waals surface area contributed by atoms with Gasteiger partial charge in [0, 0.05) is 6.20 Å². The monoisotopic (exact) mass is 238 g/mol. The number of hydrogen-bond donors (Lipinski definition) is 0. The quantitative estimate of drug-likeness (QED) is 0.717. The van der Waals surface area contributed by atoms with E-state index in [-0.39, 0.29) is 0 Å². The van der Waals surface area contributed by atoms with Gasteiger partial charge in [-0.25, -0.2) is 0 Å². The van der Waals surface area contributed by atoms with Crippen molar-refractivity contribution in [2.45, 2.75) is 26.2 Å². The van der Waals surface area contributed by atoms with Crippen molar-refractivity contribution < 1.29 is 0 Å². The molecule has 0 spiro atoms. The Labute approximate surface area is 108 Å². The highest BCUT2D eigenvalue weighted by Crippen LogP contribution is 2.20. The van der Waals surface area contributed by atoms with E-state index in [1.807, 2.05) is 30.5 Å². The number of benzene rings is 1.